The lowest BCUT2D eigenvalue weighted by Gasteiger charge is -2.38. The highest BCUT2D eigenvalue weighted by Gasteiger charge is 2.52. The van der Waals surface area contributed by atoms with Crippen LogP contribution in [0.2, 0.25) is 0 Å². The second kappa shape index (κ2) is 10.1. The molecule has 3 aromatic carbocycles. The number of methoxy groups -OCH3 is 1. The molecule has 1 saturated heterocycles. The summed E-state index contributed by atoms with van der Waals surface area (Å²) in [4.78, 5) is 25.3. The Morgan fingerprint density at radius 1 is 1.03 bits per heavy atom. The van der Waals surface area contributed by atoms with E-state index in [0.717, 1.165) is 11.1 Å². The van der Waals surface area contributed by atoms with Crippen LogP contribution in [0.1, 0.15) is 29.5 Å². The molecule has 4 rings (SSSR count). The third-order valence-electron chi connectivity index (χ3n) is 6.40. The fraction of sp³-hybridized carbons (Fsp3) is 0.259. The molecule has 0 N–H and O–H groups in total. The molecular weight excluding hydrogens is 437 g/mol. The minimum absolute atomic E-state index is 0.0180. The van der Waals surface area contributed by atoms with E-state index in [2.05, 4.69) is 0 Å². The van der Waals surface area contributed by atoms with Crippen molar-refractivity contribution in [3.8, 4) is 5.75 Å². The van der Waals surface area contributed by atoms with E-state index in [9.17, 15) is 19.1 Å². The molecule has 3 aromatic rings. The smallest absolute Gasteiger partial charge is 0.365 e. The normalized spacial score (nSPS) is 19.5. The zero-order valence-corrected chi connectivity index (χ0v) is 18.9. The SMILES string of the molecule is COC(=O)[C@@H]1CCC[N+]1(C(=O)[O-])c1cc(OCc2ccccc2F)ccc1Cc1ccccc1. The number of carboxylic acid groups (broad SMARTS) is 1. The van der Waals surface area contributed by atoms with Crippen molar-refractivity contribution in [2.75, 3.05) is 13.7 Å². The van der Waals surface area contributed by atoms with Crippen LogP contribution in [-0.4, -0.2) is 31.8 Å². The van der Waals surface area contributed by atoms with E-state index in [1.807, 2.05) is 30.3 Å². The number of hydrogen-bond donors (Lipinski definition) is 0. The quantitative estimate of drug-likeness (QED) is 0.391. The number of carbonyl (C=O) groups excluding carboxylic acids is 2. The molecule has 0 radical (unpaired) electrons. The zero-order chi connectivity index (χ0) is 24.1. The average molecular weight is 464 g/mol. The summed E-state index contributed by atoms with van der Waals surface area (Å²) in [5.74, 6) is -0.596. The van der Waals surface area contributed by atoms with Gasteiger partial charge in [0.15, 0.2) is 6.04 Å². The van der Waals surface area contributed by atoms with Crippen molar-refractivity contribution >= 4 is 17.7 Å². The first-order valence-corrected chi connectivity index (χ1v) is 11.2. The van der Waals surface area contributed by atoms with E-state index >= 15 is 0 Å². The number of hydrogen-bond acceptors (Lipinski definition) is 5. The molecule has 1 aliphatic heterocycles. The lowest BCUT2D eigenvalue weighted by Crippen LogP contribution is -2.65. The standard InChI is InChI=1S/C27H26FNO5/c1-33-26(30)24-12-7-15-29(24,27(31)32)25-17-22(34-18-21-10-5-6-11-23(21)28)14-13-20(25)16-19-8-3-2-4-9-19/h2-6,8-11,13-14,17,24H,7,12,15-16,18H2,1H3/t24-,29?/m0/s1. The minimum atomic E-state index is -1.37. The Balaban J connectivity index is 1.77. The maximum absolute atomic E-state index is 14.0. The van der Waals surface area contributed by atoms with Gasteiger partial charge in [-0.05, 0) is 23.8 Å². The van der Waals surface area contributed by atoms with E-state index in [1.54, 1.807) is 36.4 Å². The number of ether oxygens (including phenoxy) is 2. The van der Waals surface area contributed by atoms with Gasteiger partial charge < -0.3 is 19.4 Å². The Bertz CT molecular complexity index is 1180. The molecule has 0 aromatic heterocycles. The van der Waals surface area contributed by atoms with Gasteiger partial charge in [0.25, 0.3) is 6.09 Å². The molecule has 0 saturated carbocycles. The van der Waals surface area contributed by atoms with E-state index in [4.69, 9.17) is 9.47 Å². The van der Waals surface area contributed by atoms with Crippen molar-refractivity contribution in [1.82, 2.24) is 4.48 Å². The molecule has 0 aliphatic carbocycles. The van der Waals surface area contributed by atoms with Gasteiger partial charge in [-0.15, -0.1) is 0 Å². The monoisotopic (exact) mass is 463 g/mol. The molecule has 1 amide bonds. The van der Waals surface area contributed by atoms with Crippen LogP contribution in [0.3, 0.4) is 0 Å². The van der Waals surface area contributed by atoms with Gasteiger partial charge >= 0.3 is 5.97 Å². The first-order valence-electron chi connectivity index (χ1n) is 11.2. The topological polar surface area (TPSA) is 75.7 Å². The van der Waals surface area contributed by atoms with Gasteiger partial charge in [-0.25, -0.2) is 13.7 Å². The number of amides is 1. The van der Waals surface area contributed by atoms with Gasteiger partial charge in [0, 0.05) is 36.5 Å². The van der Waals surface area contributed by atoms with Gasteiger partial charge in [-0.1, -0.05) is 48.5 Å². The van der Waals surface area contributed by atoms with Crippen LogP contribution in [0.25, 0.3) is 0 Å². The van der Waals surface area contributed by atoms with Crippen molar-refractivity contribution in [2.24, 2.45) is 0 Å². The molecule has 34 heavy (non-hydrogen) atoms. The fourth-order valence-electron chi connectivity index (χ4n) is 4.70. The van der Waals surface area contributed by atoms with Gasteiger partial charge in [-0.2, -0.15) is 0 Å². The number of benzene rings is 3. The molecule has 176 valence electrons. The van der Waals surface area contributed by atoms with Crippen LogP contribution in [0.4, 0.5) is 14.9 Å². The summed E-state index contributed by atoms with van der Waals surface area (Å²) >= 11 is 0. The lowest BCUT2D eigenvalue weighted by molar-refractivity contribution is -0.265. The van der Waals surface area contributed by atoms with Crippen molar-refractivity contribution in [2.45, 2.75) is 31.9 Å². The Hall–Kier alpha value is -3.71. The number of carbonyl (C=O) groups is 2. The first kappa shape index (κ1) is 23.4. The fourth-order valence-corrected chi connectivity index (χ4v) is 4.70. The number of halogens is 1. The molecule has 1 aliphatic rings. The van der Waals surface area contributed by atoms with Gasteiger partial charge in [-0.3, -0.25) is 0 Å². The van der Waals surface area contributed by atoms with Crippen LogP contribution in [0, 0.1) is 5.82 Å². The number of quaternary nitrogens is 1. The lowest BCUT2D eigenvalue weighted by atomic mass is 10.00. The van der Waals surface area contributed by atoms with Crippen LogP contribution in [0.15, 0.2) is 72.8 Å². The van der Waals surface area contributed by atoms with Crippen LogP contribution in [-0.2, 0) is 22.6 Å². The second-order valence-corrected chi connectivity index (χ2v) is 8.37. The third kappa shape index (κ3) is 4.52. The molecule has 0 spiro atoms. The Labute approximate surface area is 197 Å². The zero-order valence-electron chi connectivity index (χ0n) is 18.9. The van der Waals surface area contributed by atoms with Gasteiger partial charge in [0.05, 0.1) is 13.7 Å². The van der Waals surface area contributed by atoms with Crippen molar-refractivity contribution in [1.29, 1.82) is 0 Å². The molecule has 1 fully saturated rings. The summed E-state index contributed by atoms with van der Waals surface area (Å²) in [5.41, 5.74) is 2.54. The summed E-state index contributed by atoms with van der Waals surface area (Å²) in [6.07, 6.45) is -0.0105. The molecule has 1 heterocycles. The summed E-state index contributed by atoms with van der Waals surface area (Å²) < 4.78 is 24.2. The van der Waals surface area contributed by atoms with E-state index in [-0.39, 0.29) is 19.0 Å². The van der Waals surface area contributed by atoms with Crippen molar-refractivity contribution in [3.63, 3.8) is 0 Å². The third-order valence-corrected chi connectivity index (χ3v) is 6.40. The maximum Gasteiger partial charge on any atom is 0.365 e. The highest BCUT2D eigenvalue weighted by Crippen LogP contribution is 2.40. The van der Waals surface area contributed by atoms with Crippen molar-refractivity contribution in [3.05, 3.63) is 95.3 Å². The molecule has 7 heteroatoms. The molecule has 1 unspecified atom stereocenters. The van der Waals surface area contributed by atoms with E-state index < -0.39 is 22.6 Å². The highest BCUT2D eigenvalue weighted by molar-refractivity contribution is 5.91. The predicted molar refractivity (Wildman–Crippen MR) is 124 cm³/mol. The highest BCUT2D eigenvalue weighted by atomic mass is 19.1. The maximum atomic E-state index is 14.0. The van der Waals surface area contributed by atoms with Crippen LogP contribution < -0.4 is 14.3 Å². The number of rotatable bonds is 7. The first-order chi connectivity index (χ1) is 16.5. The van der Waals surface area contributed by atoms with E-state index in [1.165, 1.54) is 13.2 Å². The molecule has 0 bridgehead atoms. The van der Waals surface area contributed by atoms with Gasteiger partial charge in [0.2, 0.25) is 0 Å². The summed E-state index contributed by atoms with van der Waals surface area (Å²) in [7, 11) is 1.25. The summed E-state index contributed by atoms with van der Waals surface area (Å²) in [5, 5.41) is 12.7. The largest absolute Gasteiger partial charge is 0.498 e. The van der Waals surface area contributed by atoms with Crippen LogP contribution >= 0.6 is 0 Å². The van der Waals surface area contributed by atoms with Crippen LogP contribution in [0.5, 0.6) is 5.75 Å². The van der Waals surface area contributed by atoms with Gasteiger partial charge in [0.1, 0.15) is 23.9 Å². The Morgan fingerprint density at radius 3 is 2.47 bits per heavy atom. The number of likely N-dealkylation sites (tertiary alicyclic amines) is 1. The molecule has 6 nitrogen and oxygen atoms in total. The minimum Gasteiger partial charge on any atom is -0.498 e. The predicted octanol–water partition coefficient (Wildman–Crippen LogP) is 3.98. The summed E-state index contributed by atoms with van der Waals surface area (Å²) in [6, 6.07) is 20.2. The molecular formula is C27H26FNO5. The average Bonchev–Trinajstić information content (AvgIpc) is 3.31. The number of nitrogens with zero attached hydrogens (tertiary/aromatic N) is 1. The Kier molecular flexibility index (Phi) is 6.93. The molecule has 2 atom stereocenters. The Morgan fingerprint density at radius 2 is 1.76 bits per heavy atom. The number of esters is 1. The van der Waals surface area contributed by atoms with E-state index in [0.29, 0.717) is 36.3 Å². The second-order valence-electron chi connectivity index (χ2n) is 8.37. The van der Waals surface area contributed by atoms with Crippen molar-refractivity contribution < 1.29 is 28.6 Å². The summed E-state index contributed by atoms with van der Waals surface area (Å²) in [6.45, 7) is 0.177.